The molecule has 31 heavy (non-hydrogen) atoms. The monoisotopic (exact) mass is 424 g/mol. The number of nitro groups is 1. The molecule has 0 aromatic heterocycles. The van der Waals surface area contributed by atoms with Crippen LogP contribution in [-0.4, -0.2) is 37.8 Å². The Morgan fingerprint density at radius 2 is 1.97 bits per heavy atom. The number of nitro benzene ring substituents is 1. The van der Waals surface area contributed by atoms with Crippen LogP contribution in [0, 0.1) is 10.1 Å². The van der Waals surface area contributed by atoms with Crippen molar-refractivity contribution in [3.63, 3.8) is 0 Å². The van der Waals surface area contributed by atoms with E-state index in [4.69, 9.17) is 9.47 Å². The highest BCUT2D eigenvalue weighted by molar-refractivity contribution is 5.87. The van der Waals surface area contributed by atoms with E-state index >= 15 is 0 Å². The van der Waals surface area contributed by atoms with Crippen LogP contribution in [0.1, 0.15) is 36.4 Å². The molecule has 0 unspecified atom stereocenters. The number of esters is 1. The summed E-state index contributed by atoms with van der Waals surface area (Å²) in [5.41, 5.74) is 2.18. The minimum absolute atomic E-state index is 0.00677. The highest BCUT2D eigenvalue weighted by Gasteiger charge is 2.31. The van der Waals surface area contributed by atoms with E-state index in [0.717, 1.165) is 42.9 Å². The zero-order valence-electron chi connectivity index (χ0n) is 17.3. The second kappa shape index (κ2) is 9.07. The standard InChI is InChI=1S/C23H24N2O6/c1-29-23(26)10-6-16-5-8-19(20(14-16)25(27)28)24-11-2-4-18(24)17-7-9-21-22(15-17)31-13-3-12-30-21/h5-10,14-15,18H,2-4,11-13H2,1H3/b10-6+/t18-/m1/s1. The van der Waals surface area contributed by atoms with Gasteiger partial charge in [0.05, 0.1) is 31.3 Å². The van der Waals surface area contributed by atoms with Crippen LogP contribution in [0.25, 0.3) is 6.08 Å². The number of carbonyl (C=O) groups excluding carboxylic acids is 1. The lowest BCUT2D eigenvalue weighted by Crippen LogP contribution is -2.23. The predicted octanol–water partition coefficient (Wildman–Crippen LogP) is 4.28. The van der Waals surface area contributed by atoms with Crippen molar-refractivity contribution in [1.82, 2.24) is 0 Å². The fourth-order valence-electron chi connectivity index (χ4n) is 4.05. The molecule has 2 heterocycles. The molecule has 1 fully saturated rings. The molecule has 8 heteroatoms. The number of methoxy groups -OCH3 is 1. The van der Waals surface area contributed by atoms with Crippen molar-refractivity contribution in [2.24, 2.45) is 0 Å². The third-order valence-corrected chi connectivity index (χ3v) is 5.53. The number of hydrogen-bond donors (Lipinski definition) is 0. The molecule has 1 saturated heterocycles. The highest BCUT2D eigenvalue weighted by atomic mass is 16.6. The number of hydrogen-bond acceptors (Lipinski definition) is 7. The molecular weight excluding hydrogens is 400 g/mol. The van der Waals surface area contributed by atoms with Crippen LogP contribution >= 0.6 is 0 Å². The first-order chi connectivity index (χ1) is 15.1. The van der Waals surface area contributed by atoms with Crippen molar-refractivity contribution in [2.75, 3.05) is 31.8 Å². The zero-order chi connectivity index (χ0) is 21.8. The predicted molar refractivity (Wildman–Crippen MR) is 116 cm³/mol. The van der Waals surface area contributed by atoms with Gasteiger partial charge in [0.15, 0.2) is 11.5 Å². The molecule has 2 aromatic carbocycles. The van der Waals surface area contributed by atoms with E-state index in [1.807, 2.05) is 18.2 Å². The molecule has 0 bridgehead atoms. The first-order valence-corrected chi connectivity index (χ1v) is 10.3. The summed E-state index contributed by atoms with van der Waals surface area (Å²) in [6, 6.07) is 10.9. The Hall–Kier alpha value is -3.55. The number of carbonyl (C=O) groups is 1. The first kappa shape index (κ1) is 20.7. The third-order valence-electron chi connectivity index (χ3n) is 5.53. The number of benzene rings is 2. The smallest absolute Gasteiger partial charge is 0.330 e. The van der Waals surface area contributed by atoms with Gasteiger partial charge in [-0.1, -0.05) is 12.1 Å². The van der Waals surface area contributed by atoms with Crippen molar-refractivity contribution in [1.29, 1.82) is 0 Å². The Morgan fingerprint density at radius 1 is 1.16 bits per heavy atom. The Kier molecular flexibility index (Phi) is 6.06. The maximum Gasteiger partial charge on any atom is 0.330 e. The number of anilines is 1. The average molecular weight is 424 g/mol. The maximum atomic E-state index is 11.8. The van der Waals surface area contributed by atoms with Crippen LogP contribution in [-0.2, 0) is 9.53 Å². The van der Waals surface area contributed by atoms with E-state index in [-0.39, 0.29) is 16.7 Å². The molecule has 0 spiro atoms. The molecule has 0 N–H and O–H groups in total. The summed E-state index contributed by atoms with van der Waals surface area (Å²) < 4.78 is 16.1. The van der Waals surface area contributed by atoms with Crippen molar-refractivity contribution >= 4 is 23.4 Å². The van der Waals surface area contributed by atoms with E-state index in [0.29, 0.717) is 24.5 Å². The van der Waals surface area contributed by atoms with Gasteiger partial charge in [-0.05, 0) is 48.2 Å². The molecule has 0 saturated carbocycles. The van der Waals surface area contributed by atoms with Gasteiger partial charge in [-0.15, -0.1) is 0 Å². The van der Waals surface area contributed by atoms with Gasteiger partial charge in [-0.25, -0.2) is 4.79 Å². The van der Waals surface area contributed by atoms with Gasteiger partial charge < -0.3 is 19.1 Å². The SMILES string of the molecule is COC(=O)/C=C/c1ccc(N2CCC[C@@H]2c2ccc3c(c2)OCCCO3)c([N+](=O)[O-])c1. The quantitative estimate of drug-likeness (QED) is 0.306. The van der Waals surface area contributed by atoms with Crippen LogP contribution in [0.5, 0.6) is 11.5 Å². The molecule has 2 aliphatic rings. The molecule has 0 radical (unpaired) electrons. The lowest BCUT2D eigenvalue weighted by atomic mass is 10.0. The topological polar surface area (TPSA) is 91.1 Å². The molecule has 2 aromatic rings. The Bertz CT molecular complexity index is 1020. The first-order valence-electron chi connectivity index (χ1n) is 10.3. The Labute approximate surface area is 180 Å². The molecule has 0 amide bonds. The number of rotatable bonds is 5. The van der Waals surface area contributed by atoms with Gasteiger partial charge in [-0.2, -0.15) is 0 Å². The molecule has 8 nitrogen and oxygen atoms in total. The summed E-state index contributed by atoms with van der Waals surface area (Å²) in [5.74, 6) is 0.943. The van der Waals surface area contributed by atoms with Gasteiger partial charge in [-0.3, -0.25) is 10.1 Å². The largest absolute Gasteiger partial charge is 0.490 e. The van der Waals surface area contributed by atoms with E-state index in [2.05, 4.69) is 9.64 Å². The maximum absolute atomic E-state index is 11.8. The minimum atomic E-state index is -0.513. The van der Waals surface area contributed by atoms with Crippen molar-refractivity contribution in [3.05, 3.63) is 63.7 Å². The van der Waals surface area contributed by atoms with E-state index in [9.17, 15) is 14.9 Å². The summed E-state index contributed by atoms with van der Waals surface area (Å²) in [4.78, 5) is 24.9. The lowest BCUT2D eigenvalue weighted by Gasteiger charge is -2.27. The van der Waals surface area contributed by atoms with Crippen LogP contribution in [0.3, 0.4) is 0 Å². The van der Waals surface area contributed by atoms with Crippen LogP contribution < -0.4 is 14.4 Å². The van der Waals surface area contributed by atoms with Crippen LogP contribution in [0.4, 0.5) is 11.4 Å². The summed E-state index contributed by atoms with van der Waals surface area (Å²) in [5, 5.41) is 11.8. The van der Waals surface area contributed by atoms with E-state index < -0.39 is 5.97 Å². The molecule has 4 rings (SSSR count). The average Bonchev–Trinajstić information content (AvgIpc) is 3.15. The number of fused-ring (bicyclic) bond motifs is 1. The van der Waals surface area contributed by atoms with E-state index in [1.165, 1.54) is 25.3 Å². The third kappa shape index (κ3) is 4.47. The van der Waals surface area contributed by atoms with Gasteiger partial charge in [0.2, 0.25) is 0 Å². The minimum Gasteiger partial charge on any atom is -0.490 e. The van der Waals surface area contributed by atoms with Gasteiger partial charge in [0.1, 0.15) is 5.69 Å². The molecule has 1 atom stereocenters. The summed E-state index contributed by atoms with van der Waals surface area (Å²) in [7, 11) is 1.28. The summed E-state index contributed by atoms with van der Waals surface area (Å²) >= 11 is 0. The zero-order valence-corrected chi connectivity index (χ0v) is 17.3. The Balaban J connectivity index is 1.65. The fraction of sp³-hybridized carbons (Fsp3) is 0.348. The number of ether oxygens (including phenoxy) is 3. The molecular formula is C23H24N2O6. The molecule has 0 aliphatic carbocycles. The molecule has 162 valence electrons. The normalized spacial score (nSPS) is 18.1. The van der Waals surface area contributed by atoms with Crippen molar-refractivity contribution in [3.8, 4) is 11.5 Å². The number of nitrogens with zero attached hydrogens (tertiary/aromatic N) is 2. The van der Waals surface area contributed by atoms with Crippen LogP contribution in [0.2, 0.25) is 0 Å². The Morgan fingerprint density at radius 3 is 2.74 bits per heavy atom. The van der Waals surface area contributed by atoms with Gasteiger partial charge >= 0.3 is 5.97 Å². The second-order valence-corrected chi connectivity index (χ2v) is 7.47. The fourth-order valence-corrected chi connectivity index (χ4v) is 4.05. The summed E-state index contributed by atoms with van der Waals surface area (Å²) in [6.45, 7) is 1.96. The van der Waals surface area contributed by atoms with Gasteiger partial charge in [0, 0.05) is 25.1 Å². The summed E-state index contributed by atoms with van der Waals surface area (Å²) in [6.07, 6.45) is 5.41. The van der Waals surface area contributed by atoms with Crippen LogP contribution in [0.15, 0.2) is 42.5 Å². The second-order valence-electron chi connectivity index (χ2n) is 7.47. The van der Waals surface area contributed by atoms with Gasteiger partial charge in [0.25, 0.3) is 5.69 Å². The van der Waals surface area contributed by atoms with Crippen molar-refractivity contribution in [2.45, 2.75) is 25.3 Å². The lowest BCUT2D eigenvalue weighted by molar-refractivity contribution is -0.384. The molecule has 2 aliphatic heterocycles. The van der Waals surface area contributed by atoms with Crippen molar-refractivity contribution < 1.29 is 23.9 Å². The van der Waals surface area contributed by atoms with E-state index in [1.54, 1.807) is 12.1 Å². The highest BCUT2D eigenvalue weighted by Crippen LogP contribution is 2.43.